The van der Waals surface area contributed by atoms with Crippen molar-refractivity contribution < 1.29 is 14.6 Å². The van der Waals surface area contributed by atoms with Crippen LogP contribution in [0, 0.1) is 5.92 Å². The standard InChI is InChI=1S/C16H22O3/c1-4-6-13(5-2)11-19-16(18)12(3)14-7-9-15(17)10-8-14/h7-10,13,17H,3-6,11H2,1-2H3. The lowest BCUT2D eigenvalue weighted by Crippen LogP contribution is -2.14. The summed E-state index contributed by atoms with van der Waals surface area (Å²) < 4.78 is 5.29. The summed E-state index contributed by atoms with van der Waals surface area (Å²) in [7, 11) is 0. The van der Waals surface area contributed by atoms with Crippen molar-refractivity contribution in [3.63, 3.8) is 0 Å². The Morgan fingerprint density at radius 2 is 1.95 bits per heavy atom. The van der Waals surface area contributed by atoms with Crippen LogP contribution in [-0.2, 0) is 9.53 Å². The molecule has 1 rings (SSSR count). The number of benzene rings is 1. The summed E-state index contributed by atoms with van der Waals surface area (Å²) in [6, 6.07) is 6.37. The topological polar surface area (TPSA) is 46.5 Å². The molecule has 0 aliphatic rings. The molecule has 3 nitrogen and oxygen atoms in total. The first kappa shape index (κ1) is 15.3. The molecule has 0 aliphatic carbocycles. The largest absolute Gasteiger partial charge is 0.508 e. The third-order valence-corrected chi connectivity index (χ3v) is 3.19. The van der Waals surface area contributed by atoms with Crippen LogP contribution in [0.25, 0.3) is 5.57 Å². The Bertz CT molecular complexity index is 420. The minimum absolute atomic E-state index is 0.166. The molecule has 1 N–H and O–H groups in total. The summed E-state index contributed by atoms with van der Waals surface area (Å²) in [5, 5.41) is 9.20. The molecule has 0 saturated heterocycles. The predicted molar refractivity (Wildman–Crippen MR) is 76.8 cm³/mol. The van der Waals surface area contributed by atoms with Crippen LogP contribution in [0.1, 0.15) is 38.7 Å². The van der Waals surface area contributed by atoms with Gasteiger partial charge in [-0.15, -0.1) is 0 Å². The van der Waals surface area contributed by atoms with Crippen molar-refractivity contribution in [1.82, 2.24) is 0 Å². The first-order chi connectivity index (χ1) is 9.08. The number of phenols is 1. The summed E-state index contributed by atoms with van der Waals surface area (Å²) >= 11 is 0. The molecule has 0 bridgehead atoms. The first-order valence-electron chi connectivity index (χ1n) is 6.73. The molecule has 1 aromatic carbocycles. The lowest BCUT2D eigenvalue weighted by atomic mass is 10.0. The zero-order valence-corrected chi connectivity index (χ0v) is 11.7. The van der Waals surface area contributed by atoms with Crippen molar-refractivity contribution in [1.29, 1.82) is 0 Å². The molecule has 0 spiro atoms. The van der Waals surface area contributed by atoms with Crippen molar-refractivity contribution >= 4 is 11.5 Å². The highest BCUT2D eigenvalue weighted by atomic mass is 16.5. The highest BCUT2D eigenvalue weighted by molar-refractivity contribution is 6.15. The van der Waals surface area contributed by atoms with Gasteiger partial charge in [0.05, 0.1) is 12.2 Å². The number of aromatic hydroxyl groups is 1. The molecule has 0 aromatic heterocycles. The molecule has 104 valence electrons. The van der Waals surface area contributed by atoms with Crippen molar-refractivity contribution in [2.24, 2.45) is 5.92 Å². The number of carbonyl (C=O) groups excluding carboxylic acids is 1. The number of carbonyl (C=O) groups is 1. The summed E-state index contributed by atoms with van der Waals surface area (Å²) in [5.74, 6) is 0.195. The normalized spacial score (nSPS) is 11.9. The number of esters is 1. The van der Waals surface area contributed by atoms with Gasteiger partial charge in [-0.05, 0) is 30.0 Å². The van der Waals surface area contributed by atoms with E-state index in [1.807, 2.05) is 0 Å². The molecule has 1 atom stereocenters. The van der Waals surface area contributed by atoms with Crippen LogP contribution in [-0.4, -0.2) is 17.7 Å². The molecular formula is C16H22O3. The van der Waals surface area contributed by atoms with Gasteiger partial charge in [-0.3, -0.25) is 0 Å². The zero-order chi connectivity index (χ0) is 14.3. The van der Waals surface area contributed by atoms with Gasteiger partial charge in [0, 0.05) is 0 Å². The van der Waals surface area contributed by atoms with Crippen LogP contribution in [0.4, 0.5) is 0 Å². The SMILES string of the molecule is C=C(C(=O)OCC(CC)CCC)c1ccc(O)cc1. The Hall–Kier alpha value is -1.77. The number of ether oxygens (including phenoxy) is 1. The number of hydrogen-bond donors (Lipinski definition) is 1. The molecule has 0 saturated carbocycles. The van der Waals surface area contributed by atoms with Gasteiger partial charge in [-0.1, -0.05) is 45.4 Å². The molecule has 0 aliphatic heterocycles. The number of hydrogen-bond acceptors (Lipinski definition) is 3. The van der Waals surface area contributed by atoms with E-state index in [9.17, 15) is 9.90 Å². The Balaban J connectivity index is 2.53. The maximum atomic E-state index is 11.9. The van der Waals surface area contributed by atoms with Gasteiger partial charge in [0.25, 0.3) is 0 Å². The molecule has 0 amide bonds. The Morgan fingerprint density at radius 1 is 1.32 bits per heavy atom. The quantitative estimate of drug-likeness (QED) is 0.601. The van der Waals surface area contributed by atoms with E-state index in [-0.39, 0.29) is 11.7 Å². The van der Waals surface area contributed by atoms with E-state index in [4.69, 9.17) is 4.74 Å². The number of rotatable bonds is 7. The second kappa shape index (κ2) is 7.62. The maximum Gasteiger partial charge on any atom is 0.338 e. The van der Waals surface area contributed by atoms with Crippen molar-refractivity contribution in [3.8, 4) is 5.75 Å². The van der Waals surface area contributed by atoms with E-state index in [2.05, 4.69) is 20.4 Å². The third kappa shape index (κ3) is 4.78. The highest BCUT2D eigenvalue weighted by Gasteiger charge is 2.13. The van der Waals surface area contributed by atoms with Crippen LogP contribution in [0.2, 0.25) is 0 Å². The summed E-state index contributed by atoms with van der Waals surface area (Å²) in [6.45, 7) is 8.42. The average molecular weight is 262 g/mol. The molecule has 19 heavy (non-hydrogen) atoms. The van der Waals surface area contributed by atoms with Gasteiger partial charge < -0.3 is 9.84 Å². The van der Waals surface area contributed by atoms with Crippen molar-refractivity contribution in [2.75, 3.05) is 6.61 Å². The average Bonchev–Trinajstić information content (AvgIpc) is 2.43. The van der Waals surface area contributed by atoms with Crippen LogP contribution >= 0.6 is 0 Å². The fourth-order valence-corrected chi connectivity index (χ4v) is 1.87. The van der Waals surface area contributed by atoms with E-state index in [0.717, 1.165) is 19.3 Å². The summed E-state index contributed by atoms with van der Waals surface area (Å²) in [5.41, 5.74) is 0.998. The maximum absolute atomic E-state index is 11.9. The van der Waals surface area contributed by atoms with Crippen LogP contribution < -0.4 is 0 Å². The minimum atomic E-state index is -0.389. The smallest absolute Gasteiger partial charge is 0.338 e. The molecule has 1 aromatic rings. The van der Waals surface area contributed by atoms with Gasteiger partial charge in [0.2, 0.25) is 0 Å². The lowest BCUT2D eigenvalue weighted by Gasteiger charge is -2.14. The molecule has 0 fully saturated rings. The first-order valence-corrected chi connectivity index (χ1v) is 6.73. The van der Waals surface area contributed by atoms with E-state index >= 15 is 0 Å². The number of phenolic OH excluding ortho intramolecular Hbond substituents is 1. The lowest BCUT2D eigenvalue weighted by molar-refractivity contribution is -0.138. The van der Waals surface area contributed by atoms with Gasteiger partial charge in [0.1, 0.15) is 5.75 Å². The van der Waals surface area contributed by atoms with Gasteiger partial charge >= 0.3 is 5.97 Å². The highest BCUT2D eigenvalue weighted by Crippen LogP contribution is 2.19. The summed E-state index contributed by atoms with van der Waals surface area (Å²) in [6.07, 6.45) is 3.16. The van der Waals surface area contributed by atoms with E-state index in [1.54, 1.807) is 12.1 Å². The van der Waals surface area contributed by atoms with Crippen molar-refractivity contribution in [3.05, 3.63) is 36.4 Å². The second-order valence-electron chi connectivity index (χ2n) is 4.69. The predicted octanol–water partition coefficient (Wildman–Crippen LogP) is 3.77. The zero-order valence-electron chi connectivity index (χ0n) is 11.7. The molecule has 1 unspecified atom stereocenters. The second-order valence-corrected chi connectivity index (χ2v) is 4.69. The Kier molecular flexibility index (Phi) is 6.13. The Morgan fingerprint density at radius 3 is 2.47 bits per heavy atom. The van der Waals surface area contributed by atoms with E-state index in [0.29, 0.717) is 23.7 Å². The molecule has 0 heterocycles. The Labute approximate surface area is 114 Å². The monoisotopic (exact) mass is 262 g/mol. The van der Waals surface area contributed by atoms with Crippen LogP contribution in [0.3, 0.4) is 0 Å². The fourth-order valence-electron chi connectivity index (χ4n) is 1.87. The van der Waals surface area contributed by atoms with E-state index < -0.39 is 0 Å². The molecule has 0 radical (unpaired) electrons. The van der Waals surface area contributed by atoms with Gasteiger partial charge in [-0.25, -0.2) is 4.79 Å². The van der Waals surface area contributed by atoms with Gasteiger partial charge in [-0.2, -0.15) is 0 Å². The van der Waals surface area contributed by atoms with E-state index in [1.165, 1.54) is 12.1 Å². The minimum Gasteiger partial charge on any atom is -0.508 e. The molecular weight excluding hydrogens is 240 g/mol. The van der Waals surface area contributed by atoms with Gasteiger partial charge in [0.15, 0.2) is 0 Å². The van der Waals surface area contributed by atoms with Crippen LogP contribution in [0.15, 0.2) is 30.8 Å². The third-order valence-electron chi connectivity index (χ3n) is 3.19. The summed E-state index contributed by atoms with van der Waals surface area (Å²) in [4.78, 5) is 11.9. The molecule has 3 heteroatoms. The fraction of sp³-hybridized carbons (Fsp3) is 0.438. The van der Waals surface area contributed by atoms with Crippen molar-refractivity contribution in [2.45, 2.75) is 33.1 Å². The van der Waals surface area contributed by atoms with Crippen LogP contribution in [0.5, 0.6) is 5.75 Å².